The van der Waals surface area contributed by atoms with Gasteiger partial charge in [-0.1, -0.05) is 85.2 Å². The van der Waals surface area contributed by atoms with E-state index in [4.69, 9.17) is 34.5 Å². The molecule has 2 aliphatic heterocycles. The Kier molecular flexibility index (Phi) is 24.3. The Bertz CT molecular complexity index is 2750. The maximum Gasteiger partial charge on any atom is 0.410 e. The maximum absolute atomic E-state index is 14.9. The number of carboxylic acid groups (broad SMARTS) is 2. The van der Waals surface area contributed by atoms with Crippen LogP contribution < -0.4 is 15.4 Å². The number of furan rings is 1. The van der Waals surface area contributed by atoms with Gasteiger partial charge in [0.2, 0.25) is 35.7 Å². The number of aromatic carboxylic acids is 1. The number of nitrogens with one attached hydrogen (secondary N) is 2. The molecule has 3 heterocycles. The molecule has 2 fully saturated rings. The van der Waals surface area contributed by atoms with Crippen LogP contribution >= 0.6 is 0 Å². The molecule has 83 heavy (non-hydrogen) atoms. The fraction of sp³-hybridized carbons (Fsp3) is 0.610. The third-order valence-corrected chi connectivity index (χ3v) is 15.9. The van der Waals surface area contributed by atoms with Crippen molar-refractivity contribution in [3.05, 3.63) is 65.4 Å². The predicted octanol–water partition coefficient (Wildman–Crippen LogP) is 3.34. The van der Waals surface area contributed by atoms with Crippen molar-refractivity contribution < 1.29 is 92.3 Å². The first-order valence-electron chi connectivity index (χ1n) is 27.9. The molecule has 2 aliphatic rings. The van der Waals surface area contributed by atoms with Gasteiger partial charge in [0.25, 0.3) is 0 Å². The summed E-state index contributed by atoms with van der Waals surface area (Å²) in [4.78, 5) is 100. The number of methoxy groups -OCH3 is 2. The van der Waals surface area contributed by atoms with E-state index in [1.807, 2.05) is 19.9 Å². The molecule has 24 heteroatoms. The van der Waals surface area contributed by atoms with E-state index >= 15 is 0 Å². The molecule has 5 rings (SSSR count). The van der Waals surface area contributed by atoms with Crippen LogP contribution in [0.2, 0.25) is 0 Å². The first kappa shape index (κ1) is 66.9. The Balaban J connectivity index is 1.32. The number of benzene rings is 2. The minimum absolute atomic E-state index is 0.00514. The average molecular weight is 1170 g/mol. The van der Waals surface area contributed by atoms with E-state index in [2.05, 4.69) is 16.6 Å². The number of carbonyl (C=O) groups is 7. The number of nitrogens with zero attached hydrogens (tertiary/aromatic N) is 3. The smallest absolute Gasteiger partial charge is 0.410 e. The molecular formula is C59H83N5O19. The SMILES string of the molecule is C#CCC(OC(=O)N(C)[C@H](C(=O)N[C@H](C(=O)N(C)[C@@H](C(C)CC)[C@@H](CC(=O)N1CCC[C@H]1[C@H](OC)[C@@H](C)C(=O)NC(Cc1ccccc1)C(=O)O)OC)C(C)C)C(C)C)c1ccc(O[C@@H]2O[C@H](CO)[C@H](O)[C@H](O)[C@H]2O)c2cc(C(=O)O)oc12. The number of rotatable bonds is 28. The largest absolute Gasteiger partial charge is 0.480 e. The van der Waals surface area contributed by atoms with Gasteiger partial charge in [-0.25, -0.2) is 14.4 Å². The Morgan fingerprint density at radius 3 is 2.11 bits per heavy atom. The molecule has 2 aromatic carbocycles. The topological polar surface area (TPSA) is 334 Å². The quantitative estimate of drug-likeness (QED) is 0.0483. The van der Waals surface area contributed by atoms with Crippen LogP contribution in [0.1, 0.15) is 108 Å². The van der Waals surface area contributed by atoms with Crippen molar-refractivity contribution in [3.63, 3.8) is 0 Å². The minimum Gasteiger partial charge on any atom is -0.480 e. The van der Waals surface area contributed by atoms with E-state index in [1.165, 1.54) is 38.3 Å². The highest BCUT2D eigenvalue weighted by atomic mass is 16.7. The van der Waals surface area contributed by atoms with Crippen LogP contribution in [0.4, 0.5) is 4.79 Å². The van der Waals surface area contributed by atoms with E-state index in [0.717, 1.165) is 16.5 Å². The summed E-state index contributed by atoms with van der Waals surface area (Å²) in [5, 5.41) is 66.4. The Morgan fingerprint density at radius 2 is 1.54 bits per heavy atom. The van der Waals surface area contributed by atoms with Gasteiger partial charge in [0.15, 0.2) is 0 Å². The number of ether oxygens (including phenoxy) is 5. The highest BCUT2D eigenvalue weighted by Gasteiger charge is 2.47. The number of amides is 5. The number of hydrogen-bond donors (Lipinski definition) is 8. The zero-order valence-corrected chi connectivity index (χ0v) is 49.0. The van der Waals surface area contributed by atoms with Crippen LogP contribution in [0.3, 0.4) is 0 Å². The van der Waals surface area contributed by atoms with Crippen LogP contribution in [-0.4, -0.2) is 202 Å². The number of fused-ring (bicyclic) bond motifs is 1. The molecule has 0 radical (unpaired) electrons. The van der Waals surface area contributed by atoms with E-state index < -0.39 is 145 Å². The summed E-state index contributed by atoms with van der Waals surface area (Å²) in [6.45, 7) is 12.0. The molecule has 458 valence electrons. The molecule has 0 saturated carbocycles. The van der Waals surface area contributed by atoms with E-state index in [-0.39, 0.29) is 53.4 Å². The number of carboxylic acids is 2. The molecule has 0 aliphatic carbocycles. The molecule has 3 aromatic rings. The van der Waals surface area contributed by atoms with Gasteiger partial charge in [-0.2, -0.15) is 0 Å². The lowest BCUT2D eigenvalue weighted by Crippen LogP contribution is -2.60. The van der Waals surface area contributed by atoms with Gasteiger partial charge in [-0.15, -0.1) is 12.3 Å². The number of hydrogen-bond acceptors (Lipinski definition) is 17. The number of aliphatic carboxylic acids is 1. The molecule has 15 atom stereocenters. The summed E-state index contributed by atoms with van der Waals surface area (Å²) >= 11 is 0. The van der Waals surface area contributed by atoms with Crippen molar-refractivity contribution in [2.45, 2.75) is 166 Å². The second kappa shape index (κ2) is 30.1. The van der Waals surface area contributed by atoms with Crippen molar-refractivity contribution in [3.8, 4) is 18.1 Å². The number of likely N-dealkylation sites (tertiary alicyclic amines) is 1. The molecule has 2 saturated heterocycles. The standard InChI is InChI=1S/C59H83N5O19/c1-13-19-39(35-23-24-40(36-27-42(57(75)76)80-52(35)36)81-58-50(69)49(68)48(67)43(29-65)82-58)83-59(77)63(10)46(31(5)6)54(71)61-45(30(3)4)55(72)62(9)47(32(7)14-2)41(78-11)28-44(66)64-25-18-22-38(64)51(79-12)33(8)53(70)60-37(56(73)74)26-34-20-16-15-17-21-34/h1,15-17,20-21,23-24,27,30-33,37-39,41,43,45-51,58,65,67-69H,14,18-19,22,25-26,28-29H2,2-12H3,(H,60,70)(H,61,71)(H,73,74)(H,75,76)/t32?,33-,37?,38+,39?,41-,43-,45+,46+,47+,48+,49+,50-,51-,58-/m1/s1. The van der Waals surface area contributed by atoms with E-state index in [0.29, 0.717) is 25.8 Å². The molecule has 5 amide bonds. The summed E-state index contributed by atoms with van der Waals surface area (Å²) < 4.78 is 35.0. The minimum atomic E-state index is -1.81. The van der Waals surface area contributed by atoms with Gasteiger partial charge < -0.3 is 79.2 Å². The first-order chi connectivity index (χ1) is 39.3. The third-order valence-electron chi connectivity index (χ3n) is 15.9. The first-order valence-corrected chi connectivity index (χ1v) is 27.9. The molecule has 3 unspecified atom stereocenters. The average Bonchev–Trinajstić information content (AvgIpc) is 3.28. The van der Waals surface area contributed by atoms with Crippen molar-refractivity contribution >= 4 is 52.6 Å². The van der Waals surface area contributed by atoms with Gasteiger partial charge in [0.1, 0.15) is 60.0 Å². The summed E-state index contributed by atoms with van der Waals surface area (Å²) in [5.74, 6) is -5.14. The van der Waals surface area contributed by atoms with Crippen LogP contribution in [0.25, 0.3) is 11.0 Å². The Labute approximate surface area is 483 Å². The van der Waals surface area contributed by atoms with E-state index in [1.54, 1.807) is 70.8 Å². The molecular weight excluding hydrogens is 1080 g/mol. The van der Waals surface area contributed by atoms with Gasteiger partial charge >= 0.3 is 18.0 Å². The fourth-order valence-electron chi connectivity index (χ4n) is 11.1. The van der Waals surface area contributed by atoms with Gasteiger partial charge in [-0.05, 0) is 48.3 Å². The van der Waals surface area contributed by atoms with Gasteiger partial charge in [0.05, 0.1) is 55.0 Å². The van der Waals surface area contributed by atoms with Gasteiger partial charge in [-0.3, -0.25) is 24.1 Å². The zero-order valence-electron chi connectivity index (χ0n) is 49.0. The highest BCUT2D eigenvalue weighted by molar-refractivity contribution is 5.96. The second-order valence-corrected chi connectivity index (χ2v) is 22.1. The summed E-state index contributed by atoms with van der Waals surface area (Å²) in [6.07, 6.45) is -5.18. The third kappa shape index (κ3) is 15.9. The van der Waals surface area contributed by atoms with Crippen molar-refractivity contribution in [1.82, 2.24) is 25.3 Å². The van der Waals surface area contributed by atoms with Crippen molar-refractivity contribution in [1.29, 1.82) is 0 Å². The normalized spacial score (nSPS) is 22.2. The van der Waals surface area contributed by atoms with Crippen LogP contribution in [0, 0.1) is 36.0 Å². The van der Waals surface area contributed by atoms with Crippen LogP contribution in [-0.2, 0) is 49.3 Å². The molecule has 0 spiro atoms. The summed E-state index contributed by atoms with van der Waals surface area (Å²) in [5.41, 5.74) is 0.660. The molecule has 24 nitrogen and oxygen atoms in total. The predicted molar refractivity (Wildman–Crippen MR) is 299 cm³/mol. The number of likely N-dealkylation sites (N-methyl/N-ethyl adjacent to an activating group) is 2. The zero-order chi connectivity index (χ0) is 61.7. The number of carbonyl (C=O) groups excluding carboxylic acids is 5. The summed E-state index contributed by atoms with van der Waals surface area (Å²) in [7, 11) is 5.80. The molecule has 8 N–H and O–H groups in total. The lowest BCUT2D eigenvalue weighted by Gasteiger charge is -2.41. The maximum atomic E-state index is 14.9. The van der Waals surface area contributed by atoms with Crippen molar-refractivity contribution in [2.75, 3.05) is 41.5 Å². The summed E-state index contributed by atoms with van der Waals surface area (Å²) in [6, 6.07) is 7.88. The Morgan fingerprint density at radius 1 is 0.867 bits per heavy atom. The monoisotopic (exact) mass is 1170 g/mol. The molecule has 1 aromatic heterocycles. The van der Waals surface area contributed by atoms with E-state index in [9.17, 15) is 64.2 Å². The number of terminal acetylenes is 1. The lowest BCUT2D eigenvalue weighted by atomic mass is 9.89. The van der Waals surface area contributed by atoms with Crippen LogP contribution in [0.15, 0.2) is 52.9 Å². The second-order valence-electron chi connectivity index (χ2n) is 22.1. The fourth-order valence-corrected chi connectivity index (χ4v) is 11.1. The van der Waals surface area contributed by atoms with Crippen molar-refractivity contribution in [2.24, 2.45) is 23.7 Å². The lowest BCUT2D eigenvalue weighted by molar-refractivity contribution is -0.277. The van der Waals surface area contributed by atoms with Gasteiger partial charge in [0, 0.05) is 52.9 Å². The number of aliphatic hydroxyl groups is 4. The number of aliphatic hydroxyl groups excluding tert-OH is 4. The highest BCUT2D eigenvalue weighted by Crippen LogP contribution is 2.39. The molecule has 0 bridgehead atoms. The Hall–Kier alpha value is -6.85. The van der Waals surface area contributed by atoms with Crippen LogP contribution in [0.5, 0.6) is 5.75 Å².